The van der Waals surface area contributed by atoms with Crippen molar-refractivity contribution in [3.63, 3.8) is 0 Å². The Morgan fingerprint density at radius 3 is 2.45 bits per heavy atom. The number of carbonyl (C=O) groups is 3. The highest BCUT2D eigenvalue weighted by molar-refractivity contribution is 8.02. The fourth-order valence-electron chi connectivity index (χ4n) is 6.86. The Balaban J connectivity index is 1.76. The molecule has 3 fully saturated rings. The molecule has 0 aromatic heterocycles. The number of likely N-dealkylation sites (tertiary alicyclic amines) is 1. The topological polar surface area (TPSA) is 81.2 Å². The predicted octanol–water partition coefficient (Wildman–Crippen LogP) is 3.72. The Labute approximate surface area is 230 Å². The zero-order valence-electron chi connectivity index (χ0n) is 22.9. The first-order valence-corrected chi connectivity index (χ1v) is 14.5. The van der Waals surface area contributed by atoms with Crippen molar-refractivity contribution < 1.29 is 19.5 Å². The lowest BCUT2D eigenvalue weighted by atomic mass is 9.70. The molecule has 3 saturated heterocycles. The van der Waals surface area contributed by atoms with Gasteiger partial charge in [-0.25, -0.2) is 0 Å². The second kappa shape index (κ2) is 11.7. The lowest BCUT2D eigenvalue weighted by Crippen LogP contribution is -2.55. The Bertz CT molecular complexity index is 1090. The molecule has 2 unspecified atom stereocenters. The number of aryl methyl sites for hydroxylation is 2. The fraction of sp³-hybridized carbons (Fsp3) is 0.567. The first-order chi connectivity index (χ1) is 18.2. The molecular formula is C30H41N3O4S. The first-order valence-electron chi connectivity index (χ1n) is 13.7. The monoisotopic (exact) mass is 539 g/mol. The number of unbranched alkanes of at least 4 members (excludes halogenated alkanes) is 2. The quantitative estimate of drug-likeness (QED) is 0.324. The number of nitrogens with zero attached hydrogens (tertiary/aromatic N) is 3. The van der Waals surface area contributed by atoms with Crippen molar-refractivity contribution in [1.29, 1.82) is 0 Å². The van der Waals surface area contributed by atoms with Gasteiger partial charge in [-0.2, -0.15) is 0 Å². The lowest BCUT2D eigenvalue weighted by molar-refractivity contribution is -0.143. The van der Waals surface area contributed by atoms with Crippen LogP contribution in [0.3, 0.4) is 0 Å². The molecule has 206 valence electrons. The van der Waals surface area contributed by atoms with Crippen molar-refractivity contribution in [2.24, 2.45) is 11.8 Å². The van der Waals surface area contributed by atoms with Gasteiger partial charge in [0.2, 0.25) is 11.8 Å². The maximum absolute atomic E-state index is 14.6. The van der Waals surface area contributed by atoms with Crippen molar-refractivity contribution in [2.45, 2.75) is 62.0 Å². The van der Waals surface area contributed by atoms with Crippen LogP contribution in [0.2, 0.25) is 0 Å². The van der Waals surface area contributed by atoms with Gasteiger partial charge < -0.3 is 19.8 Å². The van der Waals surface area contributed by atoms with E-state index in [4.69, 9.17) is 0 Å². The smallest absolute Gasteiger partial charge is 0.251 e. The molecule has 38 heavy (non-hydrogen) atoms. The van der Waals surface area contributed by atoms with Crippen LogP contribution >= 0.6 is 11.8 Å². The van der Waals surface area contributed by atoms with Gasteiger partial charge in [0.1, 0.15) is 6.04 Å². The van der Waals surface area contributed by atoms with Crippen LogP contribution in [-0.2, 0) is 14.4 Å². The van der Waals surface area contributed by atoms with Crippen molar-refractivity contribution in [3.05, 3.63) is 54.6 Å². The number of likely N-dealkylation sites (N-methyl/N-ethyl adjacent to an activating group) is 1. The summed E-state index contributed by atoms with van der Waals surface area (Å²) in [5.74, 6) is -1.15. The summed E-state index contributed by atoms with van der Waals surface area (Å²) in [6.45, 7) is 13.0. The van der Waals surface area contributed by atoms with E-state index in [0.717, 1.165) is 36.1 Å². The molecule has 1 spiro atoms. The maximum atomic E-state index is 14.6. The third kappa shape index (κ3) is 4.70. The normalized spacial score (nSPS) is 27.4. The second-order valence-electron chi connectivity index (χ2n) is 10.9. The fourth-order valence-corrected chi connectivity index (χ4v) is 9.07. The molecule has 0 saturated carbocycles. The Morgan fingerprint density at radius 1 is 1.13 bits per heavy atom. The number of rotatable bonds is 12. The largest absolute Gasteiger partial charge is 0.396 e. The van der Waals surface area contributed by atoms with E-state index in [1.54, 1.807) is 45.7 Å². The van der Waals surface area contributed by atoms with E-state index >= 15 is 0 Å². The molecule has 0 aliphatic carbocycles. The van der Waals surface area contributed by atoms with Crippen LogP contribution in [0.1, 0.15) is 43.2 Å². The molecule has 0 radical (unpaired) electrons. The van der Waals surface area contributed by atoms with E-state index in [-0.39, 0.29) is 29.6 Å². The van der Waals surface area contributed by atoms with Crippen LogP contribution in [0, 0.1) is 25.7 Å². The van der Waals surface area contributed by atoms with Gasteiger partial charge in [-0.05, 0) is 57.1 Å². The summed E-state index contributed by atoms with van der Waals surface area (Å²) in [4.78, 5) is 47.6. The summed E-state index contributed by atoms with van der Waals surface area (Å²) in [6, 6.07) is 5.33. The van der Waals surface area contributed by atoms with Gasteiger partial charge in [0.25, 0.3) is 5.91 Å². The summed E-state index contributed by atoms with van der Waals surface area (Å²) in [7, 11) is 1.76. The number of benzene rings is 1. The molecule has 8 heteroatoms. The van der Waals surface area contributed by atoms with Crippen LogP contribution in [-0.4, -0.2) is 82.0 Å². The Morgan fingerprint density at radius 2 is 1.82 bits per heavy atom. The molecule has 1 aromatic rings. The van der Waals surface area contributed by atoms with Gasteiger partial charge in [0.05, 0.1) is 16.6 Å². The number of thioether (sulfide) groups is 1. The number of fused-ring (bicyclic) bond motifs is 1. The van der Waals surface area contributed by atoms with Crippen LogP contribution in [0.25, 0.3) is 0 Å². The number of amides is 3. The zero-order valence-corrected chi connectivity index (χ0v) is 23.7. The highest BCUT2D eigenvalue weighted by atomic mass is 32.2. The van der Waals surface area contributed by atoms with E-state index in [2.05, 4.69) is 13.2 Å². The van der Waals surface area contributed by atoms with Gasteiger partial charge in [-0.3, -0.25) is 14.4 Å². The third-order valence-electron chi connectivity index (χ3n) is 8.44. The maximum Gasteiger partial charge on any atom is 0.251 e. The number of aliphatic hydroxyl groups is 1. The van der Waals surface area contributed by atoms with Gasteiger partial charge in [-0.1, -0.05) is 30.4 Å². The molecule has 3 heterocycles. The SMILES string of the molecule is C=CCN(C)C(=O)[C@@H]1[C@@H]2CCC3(S2)C(C(=O)N(CC=C)c2c(C)cccc2C)N(CCCCCO)C(=O)[C@H]13. The van der Waals surface area contributed by atoms with Crippen molar-refractivity contribution >= 4 is 35.2 Å². The molecule has 3 aliphatic rings. The van der Waals surface area contributed by atoms with Gasteiger partial charge in [0, 0.05) is 44.2 Å². The number of para-hydroxylation sites is 1. The molecule has 5 atom stereocenters. The van der Waals surface area contributed by atoms with Crippen molar-refractivity contribution in [2.75, 3.05) is 38.2 Å². The minimum Gasteiger partial charge on any atom is -0.396 e. The predicted molar refractivity (Wildman–Crippen MR) is 153 cm³/mol. The average Bonchev–Trinajstić information content (AvgIpc) is 3.53. The molecule has 4 rings (SSSR count). The lowest BCUT2D eigenvalue weighted by Gasteiger charge is -2.38. The number of carbonyl (C=O) groups excluding carboxylic acids is 3. The highest BCUT2D eigenvalue weighted by Crippen LogP contribution is 2.66. The number of aliphatic hydroxyl groups excluding tert-OH is 1. The van der Waals surface area contributed by atoms with E-state index in [1.165, 1.54) is 0 Å². The van der Waals surface area contributed by atoms with Crippen LogP contribution in [0.4, 0.5) is 5.69 Å². The standard InChI is InChI=1S/C30H41N3O4S/c1-6-16-31(5)27(35)23-22-14-15-30(38-22)24(23)28(36)33(18-9-8-10-19-34)26(30)29(37)32(17-7-2)25-20(3)12-11-13-21(25)4/h6-7,11-13,22-24,26,34H,1-2,8-10,14-19H2,3-5H3/t22-,23+,24-,26?,30?/m0/s1. The highest BCUT2D eigenvalue weighted by Gasteiger charge is 2.74. The van der Waals surface area contributed by atoms with Crippen molar-refractivity contribution in [1.82, 2.24) is 9.80 Å². The first kappa shape index (κ1) is 28.4. The minimum absolute atomic E-state index is 0.0311. The van der Waals surface area contributed by atoms with E-state index in [1.807, 2.05) is 32.0 Å². The number of anilines is 1. The molecule has 1 N–H and O–H groups in total. The summed E-state index contributed by atoms with van der Waals surface area (Å²) in [6.07, 6.45) is 7.12. The van der Waals surface area contributed by atoms with Gasteiger partial charge >= 0.3 is 0 Å². The van der Waals surface area contributed by atoms with Crippen LogP contribution in [0.5, 0.6) is 0 Å². The molecule has 1 aromatic carbocycles. The number of hydrogen-bond acceptors (Lipinski definition) is 5. The van der Waals surface area contributed by atoms with Gasteiger partial charge in [0.15, 0.2) is 0 Å². The molecule has 3 amide bonds. The van der Waals surface area contributed by atoms with E-state index in [0.29, 0.717) is 32.5 Å². The van der Waals surface area contributed by atoms with Crippen molar-refractivity contribution in [3.8, 4) is 0 Å². The Hall–Kier alpha value is -2.58. The average molecular weight is 540 g/mol. The summed E-state index contributed by atoms with van der Waals surface area (Å²) in [5, 5.41) is 9.30. The minimum atomic E-state index is -0.648. The second-order valence-corrected chi connectivity index (χ2v) is 12.5. The third-order valence-corrected chi connectivity index (χ3v) is 10.4. The Kier molecular flexibility index (Phi) is 8.72. The molecule has 3 aliphatic heterocycles. The van der Waals surface area contributed by atoms with Gasteiger partial charge in [-0.15, -0.1) is 24.9 Å². The molecular weight excluding hydrogens is 498 g/mol. The summed E-state index contributed by atoms with van der Waals surface area (Å²) >= 11 is 1.70. The summed E-state index contributed by atoms with van der Waals surface area (Å²) < 4.78 is -0.624. The zero-order chi connectivity index (χ0) is 27.6. The number of hydrogen-bond donors (Lipinski definition) is 1. The van der Waals surface area contributed by atoms with Crippen LogP contribution < -0.4 is 4.90 Å². The van der Waals surface area contributed by atoms with E-state index in [9.17, 15) is 19.5 Å². The van der Waals surface area contributed by atoms with E-state index < -0.39 is 22.6 Å². The van der Waals surface area contributed by atoms with Crippen LogP contribution in [0.15, 0.2) is 43.5 Å². The molecule has 2 bridgehead atoms. The summed E-state index contributed by atoms with van der Waals surface area (Å²) in [5.41, 5.74) is 2.85. The molecule has 7 nitrogen and oxygen atoms in total.